The molecule has 0 bridgehead atoms. The van der Waals surface area contributed by atoms with Gasteiger partial charge in [0.1, 0.15) is 12.6 Å². The molecule has 0 spiro atoms. The van der Waals surface area contributed by atoms with Gasteiger partial charge in [-0.1, -0.05) is 75.7 Å². The van der Waals surface area contributed by atoms with Crippen LogP contribution in [0, 0.1) is 5.92 Å². The van der Waals surface area contributed by atoms with Crippen LogP contribution in [0.3, 0.4) is 0 Å². The van der Waals surface area contributed by atoms with E-state index in [0.29, 0.717) is 12.8 Å². The van der Waals surface area contributed by atoms with Crippen molar-refractivity contribution in [2.24, 2.45) is 5.92 Å². The molecule has 0 aliphatic heterocycles. The maximum absolute atomic E-state index is 12.8. The van der Waals surface area contributed by atoms with Crippen LogP contribution in [0.15, 0.2) is 48.5 Å². The SMILES string of the molecule is CCCC(NC(=O)OCC1c2ccccc2-c2ccccc21)C(=O)NC(CC(=O)O)C(C)C. The number of nitrogens with one attached hydrogen (secondary N) is 2. The highest BCUT2D eigenvalue weighted by atomic mass is 16.5. The smallest absolute Gasteiger partial charge is 0.407 e. The molecule has 1 aliphatic carbocycles. The average Bonchev–Trinajstić information content (AvgIpc) is 3.10. The van der Waals surface area contributed by atoms with Gasteiger partial charge in [-0.3, -0.25) is 9.59 Å². The fourth-order valence-electron chi connectivity index (χ4n) is 4.26. The second kappa shape index (κ2) is 11.0. The van der Waals surface area contributed by atoms with Crippen LogP contribution < -0.4 is 10.6 Å². The van der Waals surface area contributed by atoms with E-state index >= 15 is 0 Å². The van der Waals surface area contributed by atoms with E-state index in [1.165, 1.54) is 0 Å². The minimum Gasteiger partial charge on any atom is -0.481 e. The molecule has 176 valence electrons. The maximum Gasteiger partial charge on any atom is 0.407 e. The lowest BCUT2D eigenvalue weighted by molar-refractivity contribution is -0.138. The van der Waals surface area contributed by atoms with Crippen LogP contribution in [-0.2, 0) is 14.3 Å². The normalized spacial score (nSPS) is 14.2. The Balaban J connectivity index is 1.64. The van der Waals surface area contributed by atoms with Crippen LogP contribution in [0.2, 0.25) is 0 Å². The first kappa shape index (κ1) is 24.3. The summed E-state index contributed by atoms with van der Waals surface area (Å²) < 4.78 is 5.56. The molecular weight excluding hydrogens is 420 g/mol. The van der Waals surface area contributed by atoms with Crippen LogP contribution in [0.1, 0.15) is 57.1 Å². The van der Waals surface area contributed by atoms with Gasteiger partial charge in [0.25, 0.3) is 0 Å². The summed E-state index contributed by atoms with van der Waals surface area (Å²) in [5, 5.41) is 14.5. The number of carbonyl (C=O) groups is 3. The molecular formula is C26H32N2O5. The molecule has 2 aromatic rings. The lowest BCUT2D eigenvalue weighted by Gasteiger charge is -2.25. The summed E-state index contributed by atoms with van der Waals surface area (Å²) in [5.74, 6) is -1.50. The lowest BCUT2D eigenvalue weighted by atomic mass is 9.98. The summed E-state index contributed by atoms with van der Waals surface area (Å²) in [6.07, 6.45) is 0.263. The summed E-state index contributed by atoms with van der Waals surface area (Å²) in [4.78, 5) is 36.5. The Bertz CT molecular complexity index is 958. The summed E-state index contributed by atoms with van der Waals surface area (Å²) >= 11 is 0. The third kappa shape index (κ3) is 5.92. The molecule has 7 nitrogen and oxygen atoms in total. The summed E-state index contributed by atoms with van der Waals surface area (Å²) in [6.45, 7) is 5.77. The molecule has 2 amide bonds. The Morgan fingerprint density at radius 1 is 0.970 bits per heavy atom. The van der Waals surface area contributed by atoms with E-state index in [0.717, 1.165) is 22.3 Å². The number of benzene rings is 2. The number of carboxylic acid groups (broad SMARTS) is 1. The highest BCUT2D eigenvalue weighted by Crippen LogP contribution is 2.44. The molecule has 0 radical (unpaired) electrons. The van der Waals surface area contributed by atoms with Crippen molar-refractivity contribution < 1.29 is 24.2 Å². The highest BCUT2D eigenvalue weighted by Gasteiger charge is 2.30. The topological polar surface area (TPSA) is 105 Å². The molecule has 2 atom stereocenters. The van der Waals surface area contributed by atoms with Crippen molar-refractivity contribution in [2.75, 3.05) is 6.61 Å². The lowest BCUT2D eigenvalue weighted by Crippen LogP contribution is -2.51. The molecule has 0 fully saturated rings. The van der Waals surface area contributed by atoms with Gasteiger partial charge in [-0.05, 0) is 34.6 Å². The third-order valence-corrected chi connectivity index (χ3v) is 6.06. The zero-order chi connectivity index (χ0) is 24.0. The van der Waals surface area contributed by atoms with Crippen molar-refractivity contribution in [3.63, 3.8) is 0 Å². The number of rotatable bonds is 10. The Labute approximate surface area is 194 Å². The predicted molar refractivity (Wildman–Crippen MR) is 126 cm³/mol. The van der Waals surface area contributed by atoms with Gasteiger partial charge in [0.05, 0.1) is 6.42 Å². The number of hydrogen-bond donors (Lipinski definition) is 3. The van der Waals surface area contributed by atoms with Crippen LogP contribution >= 0.6 is 0 Å². The molecule has 33 heavy (non-hydrogen) atoms. The van der Waals surface area contributed by atoms with Crippen LogP contribution in [-0.4, -0.2) is 41.8 Å². The fourth-order valence-corrected chi connectivity index (χ4v) is 4.26. The van der Waals surface area contributed by atoms with Crippen molar-refractivity contribution >= 4 is 18.0 Å². The minimum atomic E-state index is -0.981. The first-order valence-corrected chi connectivity index (χ1v) is 11.5. The molecule has 3 rings (SSSR count). The van der Waals surface area contributed by atoms with Crippen molar-refractivity contribution in [3.8, 4) is 11.1 Å². The predicted octanol–water partition coefficient (Wildman–Crippen LogP) is 4.31. The van der Waals surface area contributed by atoms with Crippen LogP contribution in [0.5, 0.6) is 0 Å². The fraction of sp³-hybridized carbons (Fsp3) is 0.423. The number of aliphatic carboxylic acids is 1. The quantitative estimate of drug-likeness (QED) is 0.498. The van der Waals surface area contributed by atoms with Crippen molar-refractivity contribution in [2.45, 2.75) is 58.0 Å². The molecule has 2 aromatic carbocycles. The average molecular weight is 453 g/mol. The Kier molecular flexibility index (Phi) is 8.09. The van der Waals surface area contributed by atoms with Crippen LogP contribution in [0.25, 0.3) is 11.1 Å². The van der Waals surface area contributed by atoms with E-state index in [9.17, 15) is 14.4 Å². The molecule has 2 unspecified atom stereocenters. The summed E-state index contributed by atoms with van der Waals surface area (Å²) in [6, 6.07) is 14.9. The van der Waals surface area contributed by atoms with E-state index in [-0.39, 0.29) is 24.9 Å². The van der Waals surface area contributed by atoms with Crippen molar-refractivity contribution in [1.82, 2.24) is 10.6 Å². The molecule has 0 saturated carbocycles. The van der Waals surface area contributed by atoms with E-state index in [4.69, 9.17) is 9.84 Å². The summed E-state index contributed by atoms with van der Waals surface area (Å²) in [5.41, 5.74) is 4.51. The van der Waals surface area contributed by atoms with Gasteiger partial charge >= 0.3 is 12.1 Å². The van der Waals surface area contributed by atoms with Gasteiger partial charge in [-0.15, -0.1) is 0 Å². The zero-order valence-electron chi connectivity index (χ0n) is 19.3. The Morgan fingerprint density at radius 2 is 1.55 bits per heavy atom. The van der Waals surface area contributed by atoms with E-state index in [1.807, 2.05) is 57.2 Å². The Morgan fingerprint density at radius 3 is 2.06 bits per heavy atom. The van der Waals surface area contributed by atoms with Gasteiger partial charge in [-0.25, -0.2) is 4.79 Å². The van der Waals surface area contributed by atoms with Crippen molar-refractivity contribution in [3.05, 3.63) is 59.7 Å². The van der Waals surface area contributed by atoms with Gasteiger partial charge in [-0.2, -0.15) is 0 Å². The maximum atomic E-state index is 12.8. The van der Waals surface area contributed by atoms with E-state index in [1.54, 1.807) is 0 Å². The van der Waals surface area contributed by atoms with Gasteiger partial charge in [0, 0.05) is 12.0 Å². The van der Waals surface area contributed by atoms with Gasteiger partial charge in [0.15, 0.2) is 0 Å². The number of alkyl carbamates (subject to hydrolysis) is 1. The third-order valence-electron chi connectivity index (χ3n) is 6.06. The number of fused-ring (bicyclic) bond motifs is 3. The number of ether oxygens (including phenoxy) is 1. The van der Waals surface area contributed by atoms with E-state index < -0.39 is 30.1 Å². The number of hydrogen-bond acceptors (Lipinski definition) is 4. The first-order chi connectivity index (χ1) is 15.8. The second-order valence-corrected chi connectivity index (χ2v) is 8.77. The van der Waals surface area contributed by atoms with Gasteiger partial charge in [0.2, 0.25) is 5.91 Å². The Hall–Kier alpha value is -3.35. The number of amides is 2. The van der Waals surface area contributed by atoms with Gasteiger partial charge < -0.3 is 20.5 Å². The molecule has 0 heterocycles. The largest absolute Gasteiger partial charge is 0.481 e. The molecule has 3 N–H and O–H groups in total. The highest BCUT2D eigenvalue weighted by molar-refractivity contribution is 5.86. The molecule has 0 saturated heterocycles. The summed E-state index contributed by atoms with van der Waals surface area (Å²) in [7, 11) is 0. The van der Waals surface area contributed by atoms with Crippen LogP contribution in [0.4, 0.5) is 4.79 Å². The monoisotopic (exact) mass is 452 g/mol. The van der Waals surface area contributed by atoms with Crippen molar-refractivity contribution in [1.29, 1.82) is 0 Å². The first-order valence-electron chi connectivity index (χ1n) is 11.5. The zero-order valence-corrected chi connectivity index (χ0v) is 19.3. The standard InChI is InChI=1S/C26H32N2O5/c1-4-9-22(25(31)27-23(16(2)3)14-24(29)30)28-26(32)33-15-21-19-12-7-5-10-17(19)18-11-6-8-13-20(18)21/h5-8,10-13,16,21-23H,4,9,14-15H2,1-3H3,(H,27,31)(H,28,32)(H,29,30). The second-order valence-electron chi connectivity index (χ2n) is 8.77. The molecule has 0 aromatic heterocycles. The van der Waals surface area contributed by atoms with E-state index in [2.05, 4.69) is 22.8 Å². The molecule has 1 aliphatic rings. The number of carboxylic acids is 1. The number of carbonyl (C=O) groups excluding carboxylic acids is 2. The molecule has 7 heteroatoms. The minimum absolute atomic E-state index is 0.0539.